The fraction of sp³-hybridized carbons (Fsp3) is 0.429. The van der Waals surface area contributed by atoms with Crippen molar-refractivity contribution in [1.29, 1.82) is 0 Å². The van der Waals surface area contributed by atoms with Crippen molar-refractivity contribution in [2.75, 3.05) is 13.2 Å². The zero-order valence-corrected chi connectivity index (χ0v) is 10.7. The molecule has 0 saturated carbocycles. The summed E-state index contributed by atoms with van der Waals surface area (Å²) in [6.07, 6.45) is 1.96. The van der Waals surface area contributed by atoms with Crippen molar-refractivity contribution in [2.45, 2.75) is 20.3 Å². The number of aliphatic hydroxyl groups is 1. The summed E-state index contributed by atoms with van der Waals surface area (Å²) >= 11 is 0. The van der Waals surface area contributed by atoms with Crippen molar-refractivity contribution >= 4 is 5.91 Å². The lowest BCUT2D eigenvalue weighted by atomic mass is 10.1. The maximum Gasteiger partial charge on any atom is 0.271 e. The number of aromatic nitrogens is 1. The van der Waals surface area contributed by atoms with Crippen LogP contribution in [0.4, 0.5) is 0 Å². The summed E-state index contributed by atoms with van der Waals surface area (Å²) in [6, 6.07) is 3.49. The zero-order chi connectivity index (χ0) is 13.4. The zero-order valence-electron chi connectivity index (χ0n) is 10.7. The molecule has 4 nitrogen and oxygen atoms in total. The van der Waals surface area contributed by atoms with Gasteiger partial charge in [0.15, 0.2) is 0 Å². The molecule has 1 amide bonds. The number of rotatable bonds is 4. The molecule has 0 aliphatic carbocycles. The van der Waals surface area contributed by atoms with E-state index in [-0.39, 0.29) is 12.5 Å². The molecule has 0 fully saturated rings. The second kappa shape index (κ2) is 7.46. The predicted molar refractivity (Wildman–Crippen MR) is 70.0 cm³/mol. The number of carbonyl (C=O) groups excluding carboxylic acids is 1. The minimum Gasteiger partial charge on any atom is -0.395 e. The van der Waals surface area contributed by atoms with Crippen LogP contribution < -0.4 is 5.32 Å². The SMILES string of the molecule is CC(C)CNC(=O)c1ncccc1C#CCCO. The molecule has 2 N–H and O–H groups in total. The van der Waals surface area contributed by atoms with Gasteiger partial charge in [0, 0.05) is 19.2 Å². The lowest BCUT2D eigenvalue weighted by molar-refractivity contribution is 0.0944. The summed E-state index contributed by atoms with van der Waals surface area (Å²) in [7, 11) is 0. The molecule has 0 aromatic carbocycles. The molecule has 1 aromatic rings. The molecular weight excluding hydrogens is 228 g/mol. The Balaban J connectivity index is 2.82. The first-order chi connectivity index (χ1) is 8.65. The van der Waals surface area contributed by atoms with Crippen molar-refractivity contribution in [3.63, 3.8) is 0 Å². The highest BCUT2D eigenvalue weighted by atomic mass is 16.2. The third-order valence-corrected chi connectivity index (χ3v) is 2.15. The van der Waals surface area contributed by atoms with E-state index < -0.39 is 0 Å². The third kappa shape index (κ3) is 4.56. The second-order valence-electron chi connectivity index (χ2n) is 4.28. The van der Waals surface area contributed by atoms with Gasteiger partial charge in [0.2, 0.25) is 0 Å². The first kappa shape index (κ1) is 14.2. The Morgan fingerprint density at radius 2 is 2.33 bits per heavy atom. The number of pyridine rings is 1. The van der Waals surface area contributed by atoms with Crippen molar-refractivity contribution in [2.24, 2.45) is 5.92 Å². The molecule has 0 atom stereocenters. The van der Waals surface area contributed by atoms with Gasteiger partial charge in [-0.1, -0.05) is 25.7 Å². The lowest BCUT2D eigenvalue weighted by Gasteiger charge is -2.07. The standard InChI is InChI=1S/C14H18N2O2/c1-11(2)10-16-14(18)13-12(6-3-4-9-17)7-5-8-15-13/h5,7-8,11,17H,4,9-10H2,1-2H3,(H,16,18). The van der Waals surface area contributed by atoms with Crippen LogP contribution in [0.15, 0.2) is 18.3 Å². The molecule has 1 aromatic heterocycles. The molecule has 1 heterocycles. The van der Waals surface area contributed by atoms with Crippen LogP contribution in [0.3, 0.4) is 0 Å². The first-order valence-electron chi connectivity index (χ1n) is 5.98. The number of carbonyl (C=O) groups is 1. The van der Waals surface area contributed by atoms with E-state index in [1.165, 1.54) is 0 Å². The number of hydrogen-bond acceptors (Lipinski definition) is 3. The molecule has 1 rings (SSSR count). The van der Waals surface area contributed by atoms with Crippen LogP contribution in [0.2, 0.25) is 0 Å². The molecule has 0 aliphatic heterocycles. The van der Waals surface area contributed by atoms with Crippen LogP contribution in [0.1, 0.15) is 36.3 Å². The molecule has 18 heavy (non-hydrogen) atoms. The van der Waals surface area contributed by atoms with E-state index in [2.05, 4.69) is 22.1 Å². The second-order valence-corrected chi connectivity index (χ2v) is 4.28. The Hall–Kier alpha value is -1.86. The number of nitrogens with zero attached hydrogens (tertiary/aromatic N) is 1. The summed E-state index contributed by atoms with van der Waals surface area (Å²) in [4.78, 5) is 16.0. The maximum atomic E-state index is 11.9. The van der Waals surface area contributed by atoms with Crippen molar-refractivity contribution in [3.8, 4) is 11.8 Å². The molecule has 96 valence electrons. The van der Waals surface area contributed by atoms with Gasteiger partial charge in [-0.15, -0.1) is 0 Å². The van der Waals surface area contributed by atoms with Gasteiger partial charge in [0.1, 0.15) is 5.69 Å². The summed E-state index contributed by atoms with van der Waals surface area (Å²) in [5.41, 5.74) is 0.927. The van der Waals surface area contributed by atoms with E-state index in [1.807, 2.05) is 13.8 Å². The van der Waals surface area contributed by atoms with E-state index in [4.69, 9.17) is 5.11 Å². The van der Waals surface area contributed by atoms with E-state index in [0.717, 1.165) is 0 Å². The van der Waals surface area contributed by atoms with E-state index in [9.17, 15) is 4.79 Å². The van der Waals surface area contributed by atoms with Crippen molar-refractivity contribution < 1.29 is 9.90 Å². The monoisotopic (exact) mass is 246 g/mol. The highest BCUT2D eigenvalue weighted by molar-refractivity contribution is 5.94. The smallest absolute Gasteiger partial charge is 0.271 e. The van der Waals surface area contributed by atoms with E-state index >= 15 is 0 Å². The molecule has 0 spiro atoms. The Labute approximate surface area is 107 Å². The van der Waals surface area contributed by atoms with Gasteiger partial charge in [0.25, 0.3) is 5.91 Å². The quantitative estimate of drug-likeness (QED) is 0.785. The van der Waals surface area contributed by atoms with Gasteiger partial charge in [-0.3, -0.25) is 4.79 Å². The van der Waals surface area contributed by atoms with E-state index in [1.54, 1.807) is 18.3 Å². The van der Waals surface area contributed by atoms with Crippen LogP contribution in [0, 0.1) is 17.8 Å². The topological polar surface area (TPSA) is 62.2 Å². The van der Waals surface area contributed by atoms with Gasteiger partial charge in [-0.2, -0.15) is 0 Å². The molecule has 0 radical (unpaired) electrons. The summed E-state index contributed by atoms with van der Waals surface area (Å²) < 4.78 is 0. The Morgan fingerprint density at radius 3 is 3.00 bits per heavy atom. The van der Waals surface area contributed by atoms with Gasteiger partial charge >= 0.3 is 0 Å². The number of aliphatic hydroxyl groups excluding tert-OH is 1. The van der Waals surface area contributed by atoms with Crippen molar-refractivity contribution in [1.82, 2.24) is 10.3 Å². The fourth-order valence-corrected chi connectivity index (χ4v) is 1.28. The summed E-state index contributed by atoms with van der Waals surface area (Å²) in [6.45, 7) is 4.68. The third-order valence-electron chi connectivity index (χ3n) is 2.15. The number of amides is 1. The highest BCUT2D eigenvalue weighted by Crippen LogP contribution is 2.04. The largest absolute Gasteiger partial charge is 0.395 e. The van der Waals surface area contributed by atoms with Crippen LogP contribution >= 0.6 is 0 Å². The molecule has 0 aliphatic rings. The fourth-order valence-electron chi connectivity index (χ4n) is 1.28. The molecule has 4 heteroatoms. The van der Waals surface area contributed by atoms with Gasteiger partial charge < -0.3 is 10.4 Å². The summed E-state index contributed by atoms with van der Waals surface area (Å²) in [5, 5.41) is 11.5. The van der Waals surface area contributed by atoms with Crippen LogP contribution in [-0.4, -0.2) is 29.1 Å². The van der Waals surface area contributed by atoms with Gasteiger partial charge in [0.05, 0.1) is 12.2 Å². The molecule has 0 unspecified atom stereocenters. The molecule has 0 bridgehead atoms. The van der Waals surface area contributed by atoms with Gasteiger partial charge in [-0.25, -0.2) is 4.98 Å². The van der Waals surface area contributed by atoms with Crippen LogP contribution in [0.5, 0.6) is 0 Å². The Kier molecular flexibility index (Phi) is 5.89. The molecular formula is C14H18N2O2. The normalized spacial score (nSPS) is 9.78. The highest BCUT2D eigenvalue weighted by Gasteiger charge is 2.11. The Morgan fingerprint density at radius 1 is 1.56 bits per heavy atom. The summed E-state index contributed by atoms with van der Waals surface area (Å²) in [5.74, 6) is 5.82. The van der Waals surface area contributed by atoms with Crippen LogP contribution in [-0.2, 0) is 0 Å². The van der Waals surface area contributed by atoms with Gasteiger partial charge in [-0.05, 0) is 18.1 Å². The van der Waals surface area contributed by atoms with Crippen LogP contribution in [0.25, 0.3) is 0 Å². The average molecular weight is 246 g/mol. The number of hydrogen-bond donors (Lipinski definition) is 2. The average Bonchev–Trinajstić information content (AvgIpc) is 2.37. The van der Waals surface area contributed by atoms with Crippen molar-refractivity contribution in [3.05, 3.63) is 29.6 Å². The Bertz CT molecular complexity index is 458. The van der Waals surface area contributed by atoms with E-state index in [0.29, 0.717) is 30.1 Å². The molecule has 0 saturated heterocycles. The maximum absolute atomic E-state index is 11.9. The number of nitrogens with one attached hydrogen (secondary N) is 1. The predicted octanol–water partition coefficient (Wildman–Crippen LogP) is 1.20. The minimum atomic E-state index is -0.211. The minimum absolute atomic E-state index is 0.0160. The lowest BCUT2D eigenvalue weighted by Crippen LogP contribution is -2.28. The first-order valence-corrected chi connectivity index (χ1v) is 5.98.